The van der Waals surface area contributed by atoms with E-state index in [1.54, 1.807) is 0 Å². The second kappa shape index (κ2) is 5.98. The van der Waals surface area contributed by atoms with Crippen molar-refractivity contribution in [3.05, 3.63) is 39.4 Å². The van der Waals surface area contributed by atoms with Gasteiger partial charge in [0.2, 0.25) is 5.43 Å². The van der Waals surface area contributed by atoms with Gasteiger partial charge in [0.15, 0.2) is 17.5 Å². The molecule has 1 aromatic carbocycles. The Kier molecular flexibility index (Phi) is 3.95. The number of nitrogens with zero attached hydrogens (tertiary/aromatic N) is 2. The van der Waals surface area contributed by atoms with Crippen molar-refractivity contribution in [3.63, 3.8) is 0 Å². The minimum Gasteiger partial charge on any atom is -0.477 e. The molecule has 2 aromatic rings. The van der Waals surface area contributed by atoms with Crippen LogP contribution in [0.15, 0.2) is 11.0 Å². The van der Waals surface area contributed by atoms with Gasteiger partial charge in [0.05, 0.1) is 10.9 Å². The number of fused-ring (bicyclic) bond motifs is 1. The van der Waals surface area contributed by atoms with E-state index in [2.05, 4.69) is 0 Å². The summed E-state index contributed by atoms with van der Waals surface area (Å²) < 4.78 is 46.2. The normalized spacial score (nSPS) is 22.6. The number of aromatic nitrogens is 1. The molecule has 9 heteroatoms. The molecular formula is C18H18F3N3O3. The van der Waals surface area contributed by atoms with Crippen molar-refractivity contribution in [3.8, 4) is 0 Å². The number of hydrogen-bond acceptors (Lipinski definition) is 4. The number of anilines is 1. The smallest absolute Gasteiger partial charge is 0.341 e. The van der Waals surface area contributed by atoms with E-state index in [1.165, 1.54) is 9.47 Å². The van der Waals surface area contributed by atoms with E-state index in [1.807, 2.05) is 6.92 Å². The lowest BCUT2D eigenvalue weighted by molar-refractivity contribution is 0.0694. The van der Waals surface area contributed by atoms with E-state index in [0.29, 0.717) is 12.8 Å². The summed E-state index contributed by atoms with van der Waals surface area (Å²) in [4.78, 5) is 25.1. The Labute approximate surface area is 152 Å². The third kappa shape index (κ3) is 2.60. The van der Waals surface area contributed by atoms with Crippen molar-refractivity contribution in [2.75, 3.05) is 18.0 Å². The molecule has 27 heavy (non-hydrogen) atoms. The number of carbonyl (C=O) groups is 1. The molecule has 2 atom stereocenters. The van der Waals surface area contributed by atoms with Crippen LogP contribution in [0.2, 0.25) is 0 Å². The van der Waals surface area contributed by atoms with Crippen LogP contribution in [0.25, 0.3) is 10.9 Å². The molecule has 0 unspecified atom stereocenters. The Hall–Kier alpha value is -2.55. The number of carboxylic acids is 1. The third-order valence-electron chi connectivity index (χ3n) is 5.43. The Morgan fingerprint density at radius 1 is 1.19 bits per heavy atom. The first-order valence-electron chi connectivity index (χ1n) is 8.71. The lowest BCUT2D eigenvalue weighted by atomic mass is 10.1. The number of pyridine rings is 1. The highest BCUT2D eigenvalue weighted by molar-refractivity contribution is 5.94. The number of rotatable bonds is 3. The van der Waals surface area contributed by atoms with E-state index in [9.17, 15) is 23.5 Å². The molecule has 4 rings (SSSR count). The van der Waals surface area contributed by atoms with Gasteiger partial charge in [-0.25, -0.2) is 18.0 Å². The molecule has 1 aliphatic carbocycles. The van der Waals surface area contributed by atoms with E-state index >= 15 is 4.39 Å². The number of benzene rings is 1. The molecule has 1 aliphatic heterocycles. The van der Waals surface area contributed by atoms with E-state index in [-0.39, 0.29) is 31.1 Å². The number of hydrogen-bond donors (Lipinski definition) is 2. The quantitative estimate of drug-likeness (QED) is 0.796. The van der Waals surface area contributed by atoms with Gasteiger partial charge in [0, 0.05) is 31.4 Å². The van der Waals surface area contributed by atoms with Crippen LogP contribution in [0.5, 0.6) is 0 Å². The molecule has 3 N–H and O–H groups in total. The lowest BCUT2D eigenvalue weighted by Gasteiger charge is -2.22. The largest absolute Gasteiger partial charge is 0.477 e. The predicted molar refractivity (Wildman–Crippen MR) is 92.7 cm³/mol. The number of halogens is 3. The summed E-state index contributed by atoms with van der Waals surface area (Å²) in [5.41, 5.74) is 3.02. The molecule has 0 spiro atoms. The molecule has 0 amide bonds. The molecule has 2 aliphatic rings. The topological polar surface area (TPSA) is 88.6 Å². The minimum absolute atomic E-state index is 0.0393. The minimum atomic E-state index is -1.57. The highest BCUT2D eigenvalue weighted by atomic mass is 19.2. The maximum atomic E-state index is 15.4. The summed E-state index contributed by atoms with van der Waals surface area (Å²) in [6, 6.07) is -0.569. The first-order valence-corrected chi connectivity index (χ1v) is 8.71. The average molecular weight is 381 g/mol. The fourth-order valence-electron chi connectivity index (χ4n) is 3.73. The van der Waals surface area contributed by atoms with Crippen LogP contribution < -0.4 is 16.1 Å². The number of carboxylic acid groups (broad SMARTS) is 1. The van der Waals surface area contributed by atoms with Crippen LogP contribution in [-0.2, 0) is 0 Å². The maximum Gasteiger partial charge on any atom is 0.341 e. The first-order chi connectivity index (χ1) is 12.7. The van der Waals surface area contributed by atoms with Crippen LogP contribution in [0.4, 0.5) is 18.9 Å². The van der Waals surface area contributed by atoms with Gasteiger partial charge in [-0.1, -0.05) is 6.92 Å². The monoisotopic (exact) mass is 381 g/mol. The van der Waals surface area contributed by atoms with Crippen molar-refractivity contribution < 1.29 is 23.1 Å². The summed E-state index contributed by atoms with van der Waals surface area (Å²) in [7, 11) is 0. The average Bonchev–Trinajstić information content (AvgIpc) is 3.38. The van der Waals surface area contributed by atoms with Crippen molar-refractivity contribution >= 4 is 22.6 Å². The van der Waals surface area contributed by atoms with E-state index in [4.69, 9.17) is 5.73 Å². The molecule has 6 nitrogen and oxygen atoms in total. The van der Waals surface area contributed by atoms with E-state index in [0.717, 1.165) is 6.20 Å². The van der Waals surface area contributed by atoms with Crippen molar-refractivity contribution in [2.45, 2.75) is 31.8 Å². The van der Waals surface area contributed by atoms with Crippen molar-refractivity contribution in [2.24, 2.45) is 11.7 Å². The van der Waals surface area contributed by atoms with Crippen LogP contribution in [0.1, 0.15) is 36.2 Å². The van der Waals surface area contributed by atoms with Gasteiger partial charge in [0.1, 0.15) is 11.3 Å². The zero-order valence-corrected chi connectivity index (χ0v) is 14.5. The van der Waals surface area contributed by atoms with E-state index < -0.39 is 51.0 Å². The Morgan fingerprint density at radius 3 is 2.37 bits per heavy atom. The van der Waals surface area contributed by atoms with Crippen molar-refractivity contribution in [1.29, 1.82) is 0 Å². The first kappa shape index (κ1) is 17.8. The molecule has 0 radical (unpaired) electrons. The highest BCUT2D eigenvalue weighted by Crippen LogP contribution is 2.41. The van der Waals surface area contributed by atoms with Gasteiger partial charge in [0.25, 0.3) is 0 Å². The van der Waals surface area contributed by atoms with Crippen LogP contribution in [0, 0.1) is 23.4 Å². The van der Waals surface area contributed by atoms with Gasteiger partial charge in [-0.15, -0.1) is 0 Å². The second-order valence-electron chi connectivity index (χ2n) is 7.38. The molecule has 1 saturated heterocycles. The van der Waals surface area contributed by atoms with Crippen LogP contribution in [0.3, 0.4) is 0 Å². The molecule has 2 fully saturated rings. The molecule has 1 aromatic heterocycles. The van der Waals surface area contributed by atoms with Gasteiger partial charge in [-0.2, -0.15) is 0 Å². The van der Waals surface area contributed by atoms with Crippen LogP contribution in [-0.4, -0.2) is 34.8 Å². The molecule has 144 valence electrons. The summed E-state index contributed by atoms with van der Waals surface area (Å²) >= 11 is 0. The summed E-state index contributed by atoms with van der Waals surface area (Å²) in [5, 5.41) is 8.36. The fraction of sp³-hybridized carbons (Fsp3) is 0.444. The zero-order chi connectivity index (χ0) is 19.6. The number of nitrogens with two attached hydrogens (primary N) is 1. The highest BCUT2D eigenvalue weighted by Gasteiger charge is 2.36. The van der Waals surface area contributed by atoms with Gasteiger partial charge >= 0.3 is 5.97 Å². The van der Waals surface area contributed by atoms with Gasteiger partial charge in [-0.3, -0.25) is 4.79 Å². The summed E-state index contributed by atoms with van der Waals surface area (Å²) in [6.45, 7) is 2.23. The van der Waals surface area contributed by atoms with Gasteiger partial charge < -0.3 is 20.3 Å². The molecular weight excluding hydrogens is 363 g/mol. The maximum absolute atomic E-state index is 15.4. The second-order valence-corrected chi connectivity index (χ2v) is 7.38. The number of aromatic carboxylic acids is 1. The standard InChI is InChI=1S/C18H18F3N3O3/c1-7-4-23(6-10(7)22)16-13(20)12(19)11-15(14(16)21)24(8-2-3-8)5-9(17(11)25)18(26)27/h5,7-8,10H,2-4,6,22H2,1H3,(H,26,27)/t7-,10-/m0/s1. The summed E-state index contributed by atoms with van der Waals surface area (Å²) in [5.74, 6) is -5.70. The SMILES string of the molecule is C[C@H]1CN(c2c(F)c(F)c3c(=O)c(C(=O)O)cn(C4CC4)c3c2F)C[C@@H]1N. The molecule has 1 saturated carbocycles. The van der Waals surface area contributed by atoms with Crippen LogP contribution >= 0.6 is 0 Å². The zero-order valence-electron chi connectivity index (χ0n) is 14.5. The summed E-state index contributed by atoms with van der Waals surface area (Å²) in [6.07, 6.45) is 2.29. The van der Waals surface area contributed by atoms with Crippen molar-refractivity contribution in [1.82, 2.24) is 4.57 Å². The fourth-order valence-corrected chi connectivity index (χ4v) is 3.73. The third-order valence-corrected chi connectivity index (χ3v) is 5.43. The Balaban J connectivity index is 2.07. The Morgan fingerprint density at radius 2 is 1.85 bits per heavy atom. The predicted octanol–water partition coefficient (Wildman–Crippen LogP) is 2.24. The Bertz CT molecular complexity index is 1020. The van der Waals surface area contributed by atoms with Gasteiger partial charge in [-0.05, 0) is 18.8 Å². The lowest BCUT2D eigenvalue weighted by Crippen LogP contribution is -2.30. The molecule has 2 heterocycles. The molecule has 0 bridgehead atoms.